The minimum Gasteiger partial charge on any atom is -0.405 e. The summed E-state index contributed by atoms with van der Waals surface area (Å²) in [6.07, 6.45) is -5.87. The van der Waals surface area contributed by atoms with Gasteiger partial charge in [0.25, 0.3) is 0 Å². The Morgan fingerprint density at radius 2 is 2.05 bits per heavy atom. The number of benzene rings is 1. The third kappa shape index (κ3) is 5.06. The molecular weight excluding hydrogens is 277 g/mol. The SMILES string of the molecule is C[C@H](O)[C@@H](N)C(=O)NCc1ccccc1OC(F)(F)F. The molecule has 0 unspecified atom stereocenters. The van der Waals surface area contributed by atoms with Crippen LogP contribution in [0.2, 0.25) is 0 Å². The lowest BCUT2D eigenvalue weighted by Crippen LogP contribution is -2.46. The standard InChI is InChI=1S/C12H15F3N2O3/c1-7(18)10(16)11(19)17-6-8-4-2-3-5-9(8)20-12(13,14)15/h2-5,7,10,18H,6,16H2,1H3,(H,17,19)/t7-,10+/m0/s1. The fraction of sp³-hybridized carbons (Fsp3) is 0.417. The van der Waals surface area contributed by atoms with E-state index in [-0.39, 0.29) is 12.1 Å². The Morgan fingerprint density at radius 1 is 1.45 bits per heavy atom. The molecule has 1 aromatic rings. The normalized spacial score (nSPS) is 14.5. The van der Waals surface area contributed by atoms with Crippen LogP contribution in [0, 0.1) is 0 Å². The lowest BCUT2D eigenvalue weighted by molar-refractivity contribution is -0.274. The smallest absolute Gasteiger partial charge is 0.405 e. The topological polar surface area (TPSA) is 84.6 Å². The molecule has 1 amide bonds. The van der Waals surface area contributed by atoms with E-state index in [9.17, 15) is 18.0 Å². The minimum absolute atomic E-state index is 0.149. The highest BCUT2D eigenvalue weighted by Crippen LogP contribution is 2.26. The predicted octanol–water partition coefficient (Wildman–Crippen LogP) is 0.910. The van der Waals surface area contributed by atoms with Crippen LogP contribution in [0.5, 0.6) is 5.75 Å². The molecule has 112 valence electrons. The molecule has 0 aliphatic rings. The van der Waals surface area contributed by atoms with E-state index in [2.05, 4.69) is 10.1 Å². The molecule has 0 saturated heterocycles. The first-order valence-corrected chi connectivity index (χ1v) is 5.75. The highest BCUT2D eigenvalue weighted by Gasteiger charge is 2.32. The second-order valence-corrected chi connectivity index (χ2v) is 4.14. The minimum atomic E-state index is -4.81. The van der Waals surface area contributed by atoms with Crippen LogP contribution in [-0.2, 0) is 11.3 Å². The van der Waals surface area contributed by atoms with Gasteiger partial charge in [0.05, 0.1) is 6.10 Å². The Morgan fingerprint density at radius 3 is 2.60 bits per heavy atom. The van der Waals surface area contributed by atoms with Crippen molar-refractivity contribution in [3.05, 3.63) is 29.8 Å². The summed E-state index contributed by atoms with van der Waals surface area (Å²) < 4.78 is 40.4. The maximum absolute atomic E-state index is 12.2. The Labute approximate surface area is 113 Å². The lowest BCUT2D eigenvalue weighted by Gasteiger charge is -2.16. The maximum atomic E-state index is 12.2. The van der Waals surface area contributed by atoms with Gasteiger partial charge >= 0.3 is 6.36 Å². The van der Waals surface area contributed by atoms with Crippen LogP contribution in [0.3, 0.4) is 0 Å². The first-order valence-electron chi connectivity index (χ1n) is 5.75. The summed E-state index contributed by atoms with van der Waals surface area (Å²) in [5, 5.41) is 11.5. The van der Waals surface area contributed by atoms with Gasteiger partial charge in [-0.1, -0.05) is 18.2 Å². The molecular formula is C12H15F3N2O3. The summed E-state index contributed by atoms with van der Waals surface area (Å²) in [5.41, 5.74) is 5.54. The van der Waals surface area contributed by atoms with E-state index in [4.69, 9.17) is 10.8 Å². The number of para-hydroxylation sites is 1. The monoisotopic (exact) mass is 292 g/mol. The number of hydrogen-bond acceptors (Lipinski definition) is 4. The Kier molecular flexibility index (Phi) is 5.34. The van der Waals surface area contributed by atoms with Crippen molar-refractivity contribution in [2.45, 2.75) is 32.0 Å². The molecule has 8 heteroatoms. The number of nitrogens with two attached hydrogens (primary N) is 1. The van der Waals surface area contributed by atoms with E-state index in [1.165, 1.54) is 25.1 Å². The summed E-state index contributed by atoms with van der Waals surface area (Å²) in [5.74, 6) is -1.06. The third-order valence-electron chi connectivity index (χ3n) is 2.47. The summed E-state index contributed by atoms with van der Waals surface area (Å²) in [7, 11) is 0. The molecule has 0 radical (unpaired) electrons. The van der Waals surface area contributed by atoms with Crippen LogP contribution < -0.4 is 15.8 Å². The van der Waals surface area contributed by atoms with Crippen LogP contribution in [0.25, 0.3) is 0 Å². The Bertz CT molecular complexity index is 464. The van der Waals surface area contributed by atoms with Crippen LogP contribution in [0.1, 0.15) is 12.5 Å². The molecule has 0 heterocycles. The van der Waals surface area contributed by atoms with Crippen molar-refractivity contribution in [3.8, 4) is 5.75 Å². The van der Waals surface area contributed by atoms with E-state index < -0.39 is 30.2 Å². The van der Waals surface area contributed by atoms with Gasteiger partial charge in [-0.25, -0.2) is 0 Å². The molecule has 0 aliphatic heterocycles. The quantitative estimate of drug-likeness (QED) is 0.753. The first-order chi connectivity index (χ1) is 9.20. The van der Waals surface area contributed by atoms with Crippen molar-refractivity contribution in [2.75, 3.05) is 0 Å². The first kappa shape index (κ1) is 16.3. The number of halogens is 3. The van der Waals surface area contributed by atoms with Gasteiger partial charge in [0.2, 0.25) is 5.91 Å². The van der Waals surface area contributed by atoms with E-state index in [0.717, 1.165) is 6.07 Å². The zero-order valence-electron chi connectivity index (χ0n) is 10.6. The van der Waals surface area contributed by atoms with Gasteiger partial charge in [0.15, 0.2) is 0 Å². The van der Waals surface area contributed by atoms with E-state index >= 15 is 0 Å². The maximum Gasteiger partial charge on any atom is 0.573 e. The second kappa shape index (κ2) is 6.58. The van der Waals surface area contributed by atoms with Crippen molar-refractivity contribution in [1.29, 1.82) is 0 Å². The largest absolute Gasteiger partial charge is 0.573 e. The van der Waals surface area contributed by atoms with Gasteiger partial charge in [-0.05, 0) is 13.0 Å². The van der Waals surface area contributed by atoms with Gasteiger partial charge in [0.1, 0.15) is 11.8 Å². The molecule has 1 aromatic carbocycles. The van der Waals surface area contributed by atoms with Gasteiger partial charge < -0.3 is 20.9 Å². The summed E-state index contributed by atoms with van der Waals surface area (Å²) in [6, 6.07) is 4.28. The molecule has 0 spiro atoms. The molecule has 2 atom stereocenters. The highest BCUT2D eigenvalue weighted by atomic mass is 19.4. The molecule has 4 N–H and O–H groups in total. The molecule has 0 fully saturated rings. The lowest BCUT2D eigenvalue weighted by atomic mass is 10.1. The van der Waals surface area contributed by atoms with Gasteiger partial charge in [-0.2, -0.15) is 0 Å². The number of ether oxygens (including phenoxy) is 1. The molecule has 0 saturated carbocycles. The van der Waals surface area contributed by atoms with Crippen molar-refractivity contribution in [3.63, 3.8) is 0 Å². The highest BCUT2D eigenvalue weighted by molar-refractivity contribution is 5.82. The molecule has 20 heavy (non-hydrogen) atoms. The number of hydrogen-bond donors (Lipinski definition) is 3. The number of alkyl halides is 3. The van der Waals surface area contributed by atoms with Crippen molar-refractivity contribution in [2.24, 2.45) is 5.73 Å². The zero-order valence-corrected chi connectivity index (χ0v) is 10.6. The number of aliphatic hydroxyl groups is 1. The molecule has 0 aliphatic carbocycles. The fourth-order valence-electron chi connectivity index (χ4n) is 1.39. The van der Waals surface area contributed by atoms with Gasteiger partial charge in [-0.3, -0.25) is 4.79 Å². The molecule has 1 rings (SSSR count). The fourth-order valence-corrected chi connectivity index (χ4v) is 1.39. The second-order valence-electron chi connectivity index (χ2n) is 4.14. The summed E-state index contributed by atoms with van der Waals surface area (Å²) in [4.78, 5) is 11.5. The van der Waals surface area contributed by atoms with Crippen LogP contribution in [-0.4, -0.2) is 29.5 Å². The zero-order chi connectivity index (χ0) is 15.3. The number of rotatable bonds is 5. The van der Waals surface area contributed by atoms with E-state index in [1.54, 1.807) is 0 Å². The summed E-state index contributed by atoms with van der Waals surface area (Å²) >= 11 is 0. The molecule has 5 nitrogen and oxygen atoms in total. The van der Waals surface area contributed by atoms with Crippen molar-refractivity contribution >= 4 is 5.91 Å². The van der Waals surface area contributed by atoms with E-state index in [1.807, 2.05) is 0 Å². The van der Waals surface area contributed by atoms with Crippen LogP contribution in [0.4, 0.5) is 13.2 Å². The number of nitrogens with one attached hydrogen (secondary N) is 1. The van der Waals surface area contributed by atoms with Crippen LogP contribution in [0.15, 0.2) is 24.3 Å². The Balaban J connectivity index is 2.71. The number of amides is 1. The van der Waals surface area contributed by atoms with Gasteiger partial charge in [-0.15, -0.1) is 13.2 Å². The number of carbonyl (C=O) groups excluding carboxylic acids is 1. The third-order valence-corrected chi connectivity index (χ3v) is 2.47. The van der Waals surface area contributed by atoms with Crippen LogP contribution >= 0.6 is 0 Å². The average molecular weight is 292 g/mol. The number of aliphatic hydroxyl groups excluding tert-OH is 1. The van der Waals surface area contributed by atoms with Crippen molar-refractivity contribution < 1.29 is 27.8 Å². The van der Waals surface area contributed by atoms with Gasteiger partial charge in [0, 0.05) is 12.1 Å². The van der Waals surface area contributed by atoms with Crippen molar-refractivity contribution in [1.82, 2.24) is 5.32 Å². The molecule has 0 aromatic heterocycles. The summed E-state index contributed by atoms with van der Waals surface area (Å²) in [6.45, 7) is 1.15. The average Bonchev–Trinajstić information content (AvgIpc) is 2.34. The Hall–Kier alpha value is -1.80. The number of carbonyl (C=O) groups is 1. The molecule has 0 bridgehead atoms. The predicted molar refractivity (Wildman–Crippen MR) is 64.6 cm³/mol. The van der Waals surface area contributed by atoms with E-state index in [0.29, 0.717) is 0 Å².